The Morgan fingerprint density at radius 3 is 2.95 bits per heavy atom. The zero-order chi connectivity index (χ0) is 13.3. The number of rotatable bonds is 9. The molecule has 0 saturated carbocycles. The second kappa shape index (κ2) is 8.00. The van der Waals surface area contributed by atoms with Gasteiger partial charge in [0.05, 0.1) is 6.61 Å². The van der Waals surface area contributed by atoms with E-state index in [0.29, 0.717) is 12.7 Å². The van der Waals surface area contributed by atoms with Gasteiger partial charge >= 0.3 is 0 Å². The van der Waals surface area contributed by atoms with E-state index in [1.54, 1.807) is 0 Å². The lowest BCUT2D eigenvalue weighted by Gasteiger charge is -2.06. The highest BCUT2D eigenvalue weighted by Crippen LogP contribution is 2.17. The standard InChI is InChI=1S/C17H24O2/c1-2-3-4-5-6-7-9-15-10-8-11-16(12-15)18-13-17-14-19-17/h4-5,8,10-12,17H,2-3,6-7,9,13-14H2,1H3/b5-4+. The van der Waals surface area contributed by atoms with E-state index in [-0.39, 0.29) is 0 Å². The minimum atomic E-state index is 0.326. The van der Waals surface area contributed by atoms with Crippen LogP contribution in [0.5, 0.6) is 5.75 Å². The Morgan fingerprint density at radius 1 is 1.32 bits per heavy atom. The molecule has 2 nitrogen and oxygen atoms in total. The Kier molecular flexibility index (Phi) is 5.96. The highest BCUT2D eigenvalue weighted by Gasteiger charge is 2.22. The summed E-state index contributed by atoms with van der Waals surface area (Å²) in [6, 6.07) is 8.42. The molecular formula is C17H24O2. The van der Waals surface area contributed by atoms with Crippen molar-refractivity contribution in [3.8, 4) is 5.75 Å². The predicted molar refractivity (Wildman–Crippen MR) is 78.7 cm³/mol. The molecule has 1 atom stereocenters. The fourth-order valence-electron chi connectivity index (χ4n) is 1.97. The Balaban J connectivity index is 1.68. The predicted octanol–water partition coefficient (Wildman–Crippen LogP) is 4.14. The molecule has 0 amide bonds. The highest BCUT2D eigenvalue weighted by atomic mass is 16.6. The van der Waals surface area contributed by atoms with Crippen LogP contribution in [0.25, 0.3) is 0 Å². The molecule has 0 spiro atoms. The van der Waals surface area contributed by atoms with Gasteiger partial charge in [0.2, 0.25) is 0 Å². The summed E-state index contributed by atoms with van der Waals surface area (Å²) in [6.45, 7) is 3.75. The number of unbranched alkanes of at least 4 members (excludes halogenated alkanes) is 2. The van der Waals surface area contributed by atoms with E-state index >= 15 is 0 Å². The topological polar surface area (TPSA) is 21.8 Å². The third-order valence-electron chi connectivity index (χ3n) is 3.19. The molecular weight excluding hydrogens is 236 g/mol. The smallest absolute Gasteiger partial charge is 0.119 e. The van der Waals surface area contributed by atoms with Crippen LogP contribution in [0, 0.1) is 0 Å². The van der Waals surface area contributed by atoms with Gasteiger partial charge in [0, 0.05) is 0 Å². The molecule has 1 aliphatic rings. The zero-order valence-corrected chi connectivity index (χ0v) is 11.8. The van der Waals surface area contributed by atoms with Crippen LogP contribution in [-0.4, -0.2) is 19.3 Å². The second-order valence-corrected chi connectivity index (χ2v) is 5.07. The van der Waals surface area contributed by atoms with E-state index in [1.165, 1.54) is 31.2 Å². The van der Waals surface area contributed by atoms with E-state index in [2.05, 4.69) is 37.3 Å². The SMILES string of the molecule is CCC/C=C/CCCc1cccc(OCC2CO2)c1. The summed E-state index contributed by atoms with van der Waals surface area (Å²) in [5, 5.41) is 0. The molecule has 1 saturated heterocycles. The molecule has 1 aliphatic heterocycles. The van der Waals surface area contributed by atoms with Gasteiger partial charge in [-0.3, -0.25) is 0 Å². The van der Waals surface area contributed by atoms with Crippen LogP contribution in [0.1, 0.15) is 38.2 Å². The van der Waals surface area contributed by atoms with Crippen LogP contribution in [0.3, 0.4) is 0 Å². The van der Waals surface area contributed by atoms with Gasteiger partial charge in [-0.05, 0) is 43.4 Å². The van der Waals surface area contributed by atoms with Crippen LogP contribution >= 0.6 is 0 Å². The van der Waals surface area contributed by atoms with Gasteiger partial charge in [0.1, 0.15) is 18.5 Å². The summed E-state index contributed by atoms with van der Waals surface area (Å²) < 4.78 is 10.8. The van der Waals surface area contributed by atoms with Crippen molar-refractivity contribution >= 4 is 0 Å². The number of ether oxygens (including phenoxy) is 2. The highest BCUT2D eigenvalue weighted by molar-refractivity contribution is 5.28. The normalized spacial score (nSPS) is 17.8. The third kappa shape index (κ3) is 5.93. The number of hydrogen-bond donors (Lipinski definition) is 0. The largest absolute Gasteiger partial charge is 0.491 e. The quantitative estimate of drug-likeness (QED) is 0.378. The molecule has 2 heteroatoms. The Morgan fingerprint density at radius 2 is 2.16 bits per heavy atom. The molecule has 0 aliphatic carbocycles. The summed E-state index contributed by atoms with van der Waals surface area (Å²) >= 11 is 0. The van der Waals surface area contributed by atoms with E-state index in [0.717, 1.165) is 18.8 Å². The molecule has 104 valence electrons. The Labute approximate surface area is 116 Å². The van der Waals surface area contributed by atoms with Gasteiger partial charge in [0.15, 0.2) is 0 Å². The lowest BCUT2D eigenvalue weighted by molar-refractivity contribution is 0.263. The first kappa shape index (κ1) is 14.1. The Bertz CT molecular complexity index is 394. The summed E-state index contributed by atoms with van der Waals surface area (Å²) in [5.74, 6) is 0.967. The molecule has 0 bridgehead atoms. The van der Waals surface area contributed by atoms with E-state index in [9.17, 15) is 0 Å². The number of allylic oxidation sites excluding steroid dienone is 2. The average Bonchev–Trinajstić information content (AvgIpc) is 3.25. The van der Waals surface area contributed by atoms with Crippen molar-refractivity contribution in [3.05, 3.63) is 42.0 Å². The summed E-state index contributed by atoms with van der Waals surface area (Å²) in [6.07, 6.45) is 10.8. The van der Waals surface area contributed by atoms with Crippen LogP contribution in [-0.2, 0) is 11.2 Å². The minimum absolute atomic E-state index is 0.326. The molecule has 0 N–H and O–H groups in total. The van der Waals surface area contributed by atoms with Gasteiger partial charge in [0.25, 0.3) is 0 Å². The fraction of sp³-hybridized carbons (Fsp3) is 0.529. The molecule has 1 fully saturated rings. The zero-order valence-electron chi connectivity index (χ0n) is 11.8. The van der Waals surface area contributed by atoms with Crippen molar-refractivity contribution in [2.45, 2.75) is 45.1 Å². The average molecular weight is 260 g/mol. The molecule has 1 aromatic carbocycles. The van der Waals surface area contributed by atoms with Gasteiger partial charge in [-0.25, -0.2) is 0 Å². The lowest BCUT2D eigenvalue weighted by Crippen LogP contribution is -2.04. The second-order valence-electron chi connectivity index (χ2n) is 5.07. The molecule has 1 aromatic rings. The van der Waals surface area contributed by atoms with Crippen LogP contribution in [0.15, 0.2) is 36.4 Å². The molecule has 1 heterocycles. The summed E-state index contributed by atoms with van der Waals surface area (Å²) in [4.78, 5) is 0. The maximum atomic E-state index is 5.69. The van der Waals surface area contributed by atoms with E-state index in [1.807, 2.05) is 6.07 Å². The van der Waals surface area contributed by atoms with Crippen molar-refractivity contribution in [2.24, 2.45) is 0 Å². The third-order valence-corrected chi connectivity index (χ3v) is 3.19. The van der Waals surface area contributed by atoms with Gasteiger partial charge in [-0.1, -0.05) is 37.6 Å². The van der Waals surface area contributed by atoms with Crippen LogP contribution in [0.4, 0.5) is 0 Å². The molecule has 1 unspecified atom stereocenters. The molecule has 0 aromatic heterocycles. The van der Waals surface area contributed by atoms with Crippen molar-refractivity contribution < 1.29 is 9.47 Å². The van der Waals surface area contributed by atoms with Crippen molar-refractivity contribution in [1.82, 2.24) is 0 Å². The van der Waals surface area contributed by atoms with E-state index in [4.69, 9.17) is 9.47 Å². The number of epoxide rings is 1. The molecule has 19 heavy (non-hydrogen) atoms. The van der Waals surface area contributed by atoms with Gasteiger partial charge < -0.3 is 9.47 Å². The maximum Gasteiger partial charge on any atom is 0.119 e. The van der Waals surface area contributed by atoms with Crippen LogP contribution in [0.2, 0.25) is 0 Å². The lowest BCUT2D eigenvalue weighted by atomic mass is 10.1. The first-order valence-corrected chi connectivity index (χ1v) is 7.37. The maximum absolute atomic E-state index is 5.69. The monoisotopic (exact) mass is 260 g/mol. The van der Waals surface area contributed by atoms with E-state index < -0.39 is 0 Å². The molecule has 0 radical (unpaired) electrons. The van der Waals surface area contributed by atoms with Gasteiger partial charge in [-0.15, -0.1) is 0 Å². The van der Waals surface area contributed by atoms with Crippen molar-refractivity contribution in [3.63, 3.8) is 0 Å². The van der Waals surface area contributed by atoms with Crippen molar-refractivity contribution in [2.75, 3.05) is 13.2 Å². The number of benzene rings is 1. The first-order valence-electron chi connectivity index (χ1n) is 7.37. The van der Waals surface area contributed by atoms with Crippen molar-refractivity contribution in [1.29, 1.82) is 0 Å². The van der Waals surface area contributed by atoms with Gasteiger partial charge in [-0.2, -0.15) is 0 Å². The number of aryl methyl sites for hydroxylation is 1. The minimum Gasteiger partial charge on any atom is -0.491 e. The Hall–Kier alpha value is -1.28. The summed E-state index contributed by atoms with van der Waals surface area (Å²) in [5.41, 5.74) is 1.36. The number of hydrogen-bond acceptors (Lipinski definition) is 2. The first-order chi connectivity index (χ1) is 9.38. The molecule has 2 rings (SSSR count). The fourth-order valence-corrected chi connectivity index (χ4v) is 1.97. The summed E-state index contributed by atoms with van der Waals surface area (Å²) in [7, 11) is 0. The van der Waals surface area contributed by atoms with Crippen LogP contribution < -0.4 is 4.74 Å².